The first kappa shape index (κ1) is 19.9. The van der Waals surface area contributed by atoms with Gasteiger partial charge in [0.25, 0.3) is 5.69 Å². The summed E-state index contributed by atoms with van der Waals surface area (Å²) in [5.41, 5.74) is 0.502. The smallest absolute Gasteiger partial charge is 0.362 e. The second kappa shape index (κ2) is 8.05. The highest BCUT2D eigenvalue weighted by Gasteiger charge is 2.23. The van der Waals surface area contributed by atoms with Crippen LogP contribution >= 0.6 is 0 Å². The first-order valence-electron chi connectivity index (χ1n) is 8.85. The molecule has 0 aliphatic carbocycles. The highest BCUT2D eigenvalue weighted by molar-refractivity contribution is 5.93. The minimum Gasteiger partial charge on any atom is -0.476 e. The van der Waals surface area contributed by atoms with E-state index in [4.69, 9.17) is 9.47 Å². The van der Waals surface area contributed by atoms with Crippen LogP contribution in [0.15, 0.2) is 35.4 Å². The van der Waals surface area contributed by atoms with E-state index in [1.165, 1.54) is 35.2 Å². The lowest BCUT2D eigenvalue weighted by Crippen LogP contribution is -2.12. The largest absolute Gasteiger partial charge is 0.476 e. The number of rotatable bonds is 6. The van der Waals surface area contributed by atoms with E-state index in [0.717, 1.165) is 0 Å². The average molecular weight is 398 g/mol. The number of esters is 1. The standard InChI is InChI=1S/C19H18N4O6/c1-4-28-18-17(19(25)29-5-2)20-12-8-14(15(23(26)27)9-13(12)21-18)22-7-6-16(24)11(3)10-22/h6-10H,4-5H2,1-3H3. The zero-order chi connectivity index (χ0) is 21.1. The summed E-state index contributed by atoms with van der Waals surface area (Å²) in [6, 6.07) is 4.00. The summed E-state index contributed by atoms with van der Waals surface area (Å²) in [6.45, 7) is 5.35. The van der Waals surface area contributed by atoms with Crippen LogP contribution in [0.4, 0.5) is 5.69 Å². The highest BCUT2D eigenvalue weighted by atomic mass is 16.6. The van der Waals surface area contributed by atoms with Crippen LogP contribution < -0.4 is 10.2 Å². The molecule has 150 valence electrons. The molecule has 3 rings (SSSR count). The fourth-order valence-corrected chi connectivity index (χ4v) is 2.73. The van der Waals surface area contributed by atoms with Gasteiger partial charge in [-0.05, 0) is 26.8 Å². The maximum absolute atomic E-state index is 12.2. The minimum atomic E-state index is -0.704. The predicted molar refractivity (Wildman–Crippen MR) is 104 cm³/mol. The van der Waals surface area contributed by atoms with Gasteiger partial charge in [0.1, 0.15) is 5.69 Å². The number of pyridine rings is 1. The molecule has 2 heterocycles. The van der Waals surface area contributed by atoms with E-state index in [2.05, 4.69) is 9.97 Å². The monoisotopic (exact) mass is 398 g/mol. The minimum absolute atomic E-state index is 0.0558. The topological polar surface area (TPSA) is 126 Å². The van der Waals surface area contributed by atoms with Gasteiger partial charge in [0.2, 0.25) is 11.6 Å². The van der Waals surface area contributed by atoms with Crippen molar-refractivity contribution in [3.63, 3.8) is 0 Å². The van der Waals surface area contributed by atoms with E-state index in [9.17, 15) is 19.7 Å². The first-order valence-corrected chi connectivity index (χ1v) is 8.85. The summed E-state index contributed by atoms with van der Waals surface area (Å²) in [5.74, 6) is -0.760. The normalized spacial score (nSPS) is 10.7. The van der Waals surface area contributed by atoms with Crippen molar-refractivity contribution >= 4 is 22.7 Å². The van der Waals surface area contributed by atoms with Crippen LogP contribution in [0.25, 0.3) is 16.7 Å². The van der Waals surface area contributed by atoms with E-state index >= 15 is 0 Å². The Kier molecular flexibility index (Phi) is 5.53. The Balaban J connectivity index is 2.29. The number of benzene rings is 1. The molecule has 0 fully saturated rings. The Labute approximate surface area is 164 Å². The quantitative estimate of drug-likeness (QED) is 0.352. The van der Waals surface area contributed by atoms with Crippen molar-refractivity contribution in [2.75, 3.05) is 13.2 Å². The molecule has 10 heteroatoms. The van der Waals surface area contributed by atoms with E-state index in [0.29, 0.717) is 5.56 Å². The molecule has 0 atom stereocenters. The summed E-state index contributed by atoms with van der Waals surface area (Å²) in [5, 5.41) is 11.6. The number of nitro benzene ring substituents is 1. The van der Waals surface area contributed by atoms with Gasteiger partial charge in [0.05, 0.1) is 29.2 Å². The maximum Gasteiger partial charge on any atom is 0.362 e. The van der Waals surface area contributed by atoms with Crippen LogP contribution in [0.1, 0.15) is 29.9 Å². The van der Waals surface area contributed by atoms with Gasteiger partial charge < -0.3 is 14.0 Å². The molecule has 0 unspecified atom stereocenters. The molecule has 0 saturated heterocycles. The molecule has 29 heavy (non-hydrogen) atoms. The first-order chi connectivity index (χ1) is 13.8. The van der Waals surface area contributed by atoms with Crippen LogP contribution in [0, 0.1) is 17.0 Å². The third-order valence-electron chi connectivity index (χ3n) is 4.06. The third-order valence-corrected chi connectivity index (χ3v) is 4.06. The number of hydrogen-bond acceptors (Lipinski definition) is 8. The number of hydrogen-bond donors (Lipinski definition) is 0. The number of aryl methyl sites for hydroxylation is 1. The fourth-order valence-electron chi connectivity index (χ4n) is 2.73. The molecule has 0 N–H and O–H groups in total. The molecule has 1 aromatic carbocycles. The van der Waals surface area contributed by atoms with Crippen LogP contribution in [-0.2, 0) is 4.74 Å². The van der Waals surface area contributed by atoms with Crippen molar-refractivity contribution in [2.45, 2.75) is 20.8 Å². The molecule has 0 saturated carbocycles. The SMILES string of the molecule is CCOC(=O)c1nc2cc(-n3ccc(=O)c(C)c3)c([N+](=O)[O-])cc2nc1OCC. The summed E-state index contributed by atoms with van der Waals surface area (Å²) in [4.78, 5) is 43.5. The number of fused-ring (bicyclic) bond motifs is 1. The molecule has 0 aliphatic rings. The Morgan fingerprint density at radius 2 is 1.93 bits per heavy atom. The predicted octanol–water partition coefficient (Wildman–Crippen LogP) is 2.57. The van der Waals surface area contributed by atoms with Crippen molar-refractivity contribution in [1.82, 2.24) is 14.5 Å². The second-order valence-corrected chi connectivity index (χ2v) is 6.02. The van der Waals surface area contributed by atoms with Crippen LogP contribution in [0.5, 0.6) is 5.88 Å². The lowest BCUT2D eigenvalue weighted by Gasteiger charge is -2.12. The zero-order valence-corrected chi connectivity index (χ0v) is 16.0. The number of nitrogens with zero attached hydrogens (tertiary/aromatic N) is 4. The van der Waals surface area contributed by atoms with Crippen LogP contribution in [0.2, 0.25) is 0 Å². The van der Waals surface area contributed by atoms with Gasteiger partial charge in [-0.25, -0.2) is 14.8 Å². The van der Waals surface area contributed by atoms with Gasteiger partial charge in [-0.3, -0.25) is 14.9 Å². The average Bonchev–Trinajstić information content (AvgIpc) is 2.69. The van der Waals surface area contributed by atoms with Crippen LogP contribution in [-0.4, -0.2) is 38.6 Å². The zero-order valence-electron chi connectivity index (χ0n) is 16.0. The number of aromatic nitrogens is 3. The lowest BCUT2D eigenvalue weighted by atomic mass is 10.2. The lowest BCUT2D eigenvalue weighted by molar-refractivity contribution is -0.384. The summed E-state index contributed by atoms with van der Waals surface area (Å²) in [7, 11) is 0. The molecular formula is C19H18N4O6. The number of carbonyl (C=O) groups excluding carboxylic acids is 1. The fraction of sp³-hybridized carbons (Fsp3) is 0.263. The van der Waals surface area contributed by atoms with Crippen molar-refractivity contribution in [2.24, 2.45) is 0 Å². The Morgan fingerprint density at radius 1 is 1.21 bits per heavy atom. The van der Waals surface area contributed by atoms with Crippen molar-refractivity contribution in [3.8, 4) is 11.6 Å². The highest BCUT2D eigenvalue weighted by Crippen LogP contribution is 2.29. The van der Waals surface area contributed by atoms with Crippen LogP contribution in [0.3, 0.4) is 0 Å². The van der Waals surface area contributed by atoms with Gasteiger partial charge in [-0.2, -0.15) is 0 Å². The molecule has 2 aromatic heterocycles. The van der Waals surface area contributed by atoms with Crippen molar-refractivity contribution < 1.29 is 19.2 Å². The molecule has 10 nitrogen and oxygen atoms in total. The molecule has 0 spiro atoms. The molecule has 0 radical (unpaired) electrons. The summed E-state index contributed by atoms with van der Waals surface area (Å²) < 4.78 is 11.8. The van der Waals surface area contributed by atoms with E-state index < -0.39 is 10.9 Å². The van der Waals surface area contributed by atoms with E-state index in [1.807, 2.05) is 0 Å². The molecule has 3 aromatic rings. The number of nitro groups is 1. The van der Waals surface area contributed by atoms with Gasteiger partial charge in [-0.15, -0.1) is 0 Å². The van der Waals surface area contributed by atoms with Crippen molar-refractivity contribution in [1.29, 1.82) is 0 Å². The third kappa shape index (κ3) is 3.91. The summed E-state index contributed by atoms with van der Waals surface area (Å²) >= 11 is 0. The Morgan fingerprint density at radius 3 is 2.55 bits per heavy atom. The van der Waals surface area contributed by atoms with Gasteiger partial charge in [0, 0.05) is 30.1 Å². The van der Waals surface area contributed by atoms with Gasteiger partial charge >= 0.3 is 5.97 Å². The van der Waals surface area contributed by atoms with E-state index in [-0.39, 0.29) is 52.6 Å². The van der Waals surface area contributed by atoms with Gasteiger partial charge in [-0.1, -0.05) is 0 Å². The maximum atomic E-state index is 12.2. The molecule has 0 bridgehead atoms. The van der Waals surface area contributed by atoms with Gasteiger partial charge in [0.15, 0.2) is 5.43 Å². The number of ether oxygens (including phenoxy) is 2. The molecular weight excluding hydrogens is 380 g/mol. The summed E-state index contributed by atoms with van der Waals surface area (Å²) in [6.07, 6.45) is 2.92. The Bertz CT molecular complexity index is 1170. The molecule has 0 amide bonds. The number of carbonyl (C=O) groups is 1. The molecule has 0 aliphatic heterocycles. The Hall–Kier alpha value is -3.82. The second-order valence-electron chi connectivity index (χ2n) is 6.02. The van der Waals surface area contributed by atoms with E-state index in [1.54, 1.807) is 20.8 Å². The van der Waals surface area contributed by atoms with Crippen molar-refractivity contribution in [3.05, 3.63) is 62.2 Å².